The second-order valence-corrected chi connectivity index (χ2v) is 7.88. The van der Waals surface area contributed by atoms with Crippen LogP contribution >= 0.6 is 23.6 Å². The van der Waals surface area contributed by atoms with Crippen LogP contribution in [0.5, 0.6) is 0 Å². The molecule has 1 aromatic heterocycles. The Morgan fingerprint density at radius 1 is 1.43 bits per heavy atom. The largest absolute Gasteiger partial charge is 0.376 e. The molecule has 0 radical (unpaired) electrons. The van der Waals surface area contributed by atoms with Crippen molar-refractivity contribution in [3.05, 3.63) is 21.4 Å². The number of thiocarbonyl (C=S) groups is 1. The van der Waals surface area contributed by atoms with Gasteiger partial charge in [-0.1, -0.05) is 6.92 Å². The Hall–Kier alpha value is -1.18. The molecule has 23 heavy (non-hydrogen) atoms. The average Bonchev–Trinajstić information content (AvgIpc) is 3.19. The number of thiophene rings is 1. The number of amides is 1. The minimum atomic E-state index is -0.127. The molecule has 3 rings (SSSR count). The maximum absolute atomic E-state index is 12.2. The van der Waals surface area contributed by atoms with Crippen LogP contribution in [0.15, 0.2) is 6.07 Å². The van der Waals surface area contributed by atoms with Crippen molar-refractivity contribution >= 4 is 34.6 Å². The first kappa shape index (κ1) is 16.7. The fourth-order valence-electron chi connectivity index (χ4n) is 3.05. The van der Waals surface area contributed by atoms with Gasteiger partial charge >= 0.3 is 0 Å². The number of fused-ring (bicyclic) bond motifs is 1. The lowest BCUT2D eigenvalue weighted by Crippen LogP contribution is -2.48. The Morgan fingerprint density at radius 2 is 2.30 bits per heavy atom. The fraction of sp³-hybridized carbons (Fsp3) is 0.625. The maximum Gasteiger partial charge on any atom is 0.279 e. The van der Waals surface area contributed by atoms with Crippen LogP contribution in [0.2, 0.25) is 0 Å². The van der Waals surface area contributed by atoms with E-state index in [0.29, 0.717) is 17.6 Å². The quantitative estimate of drug-likeness (QED) is 0.574. The second-order valence-electron chi connectivity index (χ2n) is 6.33. The van der Waals surface area contributed by atoms with Gasteiger partial charge in [0.2, 0.25) is 0 Å². The Balaban J connectivity index is 1.44. The van der Waals surface area contributed by atoms with Crippen LogP contribution in [-0.2, 0) is 17.6 Å². The Kier molecular flexibility index (Phi) is 5.50. The molecule has 2 aliphatic rings. The first-order valence-electron chi connectivity index (χ1n) is 8.19. The van der Waals surface area contributed by atoms with Crippen LogP contribution in [-0.4, -0.2) is 30.3 Å². The molecule has 7 heteroatoms. The molecular formula is C16H23N3O2S2. The molecular weight excluding hydrogens is 330 g/mol. The number of hydrogen-bond donors (Lipinski definition) is 3. The van der Waals surface area contributed by atoms with Crippen molar-refractivity contribution in [3.63, 3.8) is 0 Å². The number of hydrogen-bond acceptors (Lipinski definition) is 4. The number of ether oxygens (including phenoxy) is 1. The Labute approximate surface area is 146 Å². The number of nitrogens with one attached hydrogen (secondary N) is 3. The highest BCUT2D eigenvalue weighted by Gasteiger charge is 2.21. The number of rotatable bonds is 3. The van der Waals surface area contributed by atoms with E-state index in [0.717, 1.165) is 37.2 Å². The number of aryl methyl sites for hydroxylation is 1. The van der Waals surface area contributed by atoms with Gasteiger partial charge in [0.25, 0.3) is 5.91 Å². The minimum Gasteiger partial charge on any atom is -0.376 e. The molecule has 2 heterocycles. The molecule has 1 aliphatic heterocycles. The molecule has 0 aromatic carbocycles. The van der Waals surface area contributed by atoms with E-state index in [9.17, 15) is 4.79 Å². The summed E-state index contributed by atoms with van der Waals surface area (Å²) in [6.07, 6.45) is 5.75. The summed E-state index contributed by atoms with van der Waals surface area (Å²) in [7, 11) is 0. The summed E-state index contributed by atoms with van der Waals surface area (Å²) < 4.78 is 5.52. The molecule has 126 valence electrons. The van der Waals surface area contributed by atoms with E-state index in [1.54, 1.807) is 11.3 Å². The van der Waals surface area contributed by atoms with Crippen molar-refractivity contribution < 1.29 is 9.53 Å². The fourth-order valence-corrected chi connectivity index (χ4v) is 4.29. The van der Waals surface area contributed by atoms with Gasteiger partial charge in [0.05, 0.1) is 11.0 Å². The van der Waals surface area contributed by atoms with E-state index in [2.05, 4.69) is 23.1 Å². The van der Waals surface area contributed by atoms with Crippen LogP contribution in [0.3, 0.4) is 0 Å². The Morgan fingerprint density at radius 3 is 3.09 bits per heavy atom. The third kappa shape index (κ3) is 4.43. The number of carbonyl (C=O) groups excluding carboxylic acids is 1. The maximum atomic E-state index is 12.2. The van der Waals surface area contributed by atoms with Crippen molar-refractivity contribution in [1.82, 2.24) is 16.2 Å². The SMILES string of the molecule is C[C@@H]1CCc2sc(C(=O)NNC(=S)NC[C@H]3CCCO3)cc2C1. The van der Waals surface area contributed by atoms with Gasteiger partial charge in [-0.2, -0.15) is 0 Å². The predicted molar refractivity (Wildman–Crippen MR) is 95.7 cm³/mol. The molecule has 3 N–H and O–H groups in total. The standard InChI is InChI=1S/C16H23N3O2S2/c1-10-4-5-13-11(7-10)8-14(23-13)15(20)18-19-16(22)17-9-12-3-2-6-21-12/h8,10,12H,2-7,9H2,1H3,(H,18,20)(H2,17,19,22)/t10-,12-/m1/s1. The highest BCUT2D eigenvalue weighted by molar-refractivity contribution is 7.80. The molecule has 0 spiro atoms. The third-order valence-corrected chi connectivity index (χ3v) is 5.84. The monoisotopic (exact) mass is 353 g/mol. The molecule has 1 aromatic rings. The van der Waals surface area contributed by atoms with Gasteiger partial charge in [-0.25, -0.2) is 0 Å². The first-order chi connectivity index (χ1) is 11.1. The molecule has 5 nitrogen and oxygen atoms in total. The zero-order valence-electron chi connectivity index (χ0n) is 13.3. The van der Waals surface area contributed by atoms with Gasteiger partial charge in [0, 0.05) is 18.0 Å². The zero-order chi connectivity index (χ0) is 16.2. The highest BCUT2D eigenvalue weighted by Crippen LogP contribution is 2.32. The van der Waals surface area contributed by atoms with Crippen molar-refractivity contribution in [2.45, 2.75) is 45.1 Å². The molecule has 1 amide bonds. The second kappa shape index (κ2) is 7.59. The van der Waals surface area contributed by atoms with Gasteiger partial charge in [0.1, 0.15) is 0 Å². The summed E-state index contributed by atoms with van der Waals surface area (Å²) in [6.45, 7) is 3.76. The van der Waals surface area contributed by atoms with Crippen LogP contribution in [0.4, 0.5) is 0 Å². The van der Waals surface area contributed by atoms with Crippen molar-refractivity contribution in [1.29, 1.82) is 0 Å². The summed E-state index contributed by atoms with van der Waals surface area (Å²) in [6, 6.07) is 2.02. The molecule has 1 saturated heterocycles. The van der Waals surface area contributed by atoms with E-state index in [-0.39, 0.29) is 12.0 Å². The average molecular weight is 354 g/mol. The van der Waals surface area contributed by atoms with Gasteiger partial charge < -0.3 is 10.1 Å². The number of carbonyl (C=O) groups is 1. The smallest absolute Gasteiger partial charge is 0.279 e. The van der Waals surface area contributed by atoms with E-state index in [4.69, 9.17) is 17.0 Å². The predicted octanol–water partition coefficient (Wildman–Crippen LogP) is 2.16. The summed E-state index contributed by atoms with van der Waals surface area (Å²) in [4.78, 5) is 14.3. The van der Waals surface area contributed by atoms with E-state index >= 15 is 0 Å². The highest BCUT2D eigenvalue weighted by atomic mass is 32.1. The summed E-state index contributed by atoms with van der Waals surface area (Å²) in [5.74, 6) is 0.582. The van der Waals surface area contributed by atoms with E-state index in [1.165, 1.54) is 16.9 Å². The van der Waals surface area contributed by atoms with Crippen LogP contribution in [0.25, 0.3) is 0 Å². The van der Waals surface area contributed by atoms with Gasteiger partial charge in [0.15, 0.2) is 5.11 Å². The molecule has 0 unspecified atom stereocenters. The summed E-state index contributed by atoms with van der Waals surface area (Å²) in [5, 5.41) is 3.49. The Bertz CT molecular complexity index is 582. The van der Waals surface area contributed by atoms with Crippen LogP contribution in [0.1, 0.15) is 46.3 Å². The van der Waals surface area contributed by atoms with Gasteiger partial charge in [-0.3, -0.25) is 15.6 Å². The number of hydrazine groups is 1. The zero-order valence-corrected chi connectivity index (χ0v) is 14.9. The van der Waals surface area contributed by atoms with E-state index in [1.807, 2.05) is 6.07 Å². The molecule has 1 fully saturated rings. The van der Waals surface area contributed by atoms with Crippen LogP contribution in [0, 0.1) is 5.92 Å². The van der Waals surface area contributed by atoms with Crippen molar-refractivity contribution in [2.24, 2.45) is 5.92 Å². The topological polar surface area (TPSA) is 62.4 Å². The molecule has 0 saturated carbocycles. The lowest BCUT2D eigenvalue weighted by atomic mass is 9.90. The third-order valence-electron chi connectivity index (χ3n) is 4.36. The minimum absolute atomic E-state index is 0.127. The van der Waals surface area contributed by atoms with Gasteiger partial charge in [-0.05, 0) is 61.9 Å². The van der Waals surface area contributed by atoms with Crippen molar-refractivity contribution in [3.8, 4) is 0 Å². The van der Waals surface area contributed by atoms with E-state index < -0.39 is 0 Å². The first-order valence-corrected chi connectivity index (χ1v) is 9.41. The van der Waals surface area contributed by atoms with Crippen molar-refractivity contribution in [2.75, 3.05) is 13.2 Å². The molecule has 0 bridgehead atoms. The lowest BCUT2D eigenvalue weighted by Gasteiger charge is -2.16. The van der Waals surface area contributed by atoms with Crippen LogP contribution < -0.4 is 16.2 Å². The molecule has 2 atom stereocenters. The summed E-state index contributed by atoms with van der Waals surface area (Å²) >= 11 is 6.77. The van der Waals surface area contributed by atoms with Gasteiger partial charge in [-0.15, -0.1) is 11.3 Å². The summed E-state index contributed by atoms with van der Waals surface area (Å²) in [5.41, 5.74) is 6.77. The normalized spacial score (nSPS) is 23.2. The molecule has 1 aliphatic carbocycles. The lowest BCUT2D eigenvalue weighted by molar-refractivity contribution is 0.0947.